The molecule has 1 aliphatic carbocycles. The lowest BCUT2D eigenvalue weighted by Crippen LogP contribution is -2.47. The van der Waals surface area contributed by atoms with Gasteiger partial charge in [-0.1, -0.05) is 30.3 Å². The molecule has 7 heteroatoms. The van der Waals surface area contributed by atoms with E-state index in [9.17, 15) is 14.4 Å². The van der Waals surface area contributed by atoms with Gasteiger partial charge in [0, 0.05) is 12.0 Å². The van der Waals surface area contributed by atoms with Crippen LogP contribution in [0.25, 0.3) is 0 Å². The van der Waals surface area contributed by atoms with Gasteiger partial charge in [0.2, 0.25) is 0 Å². The summed E-state index contributed by atoms with van der Waals surface area (Å²) >= 11 is 0. The maximum Gasteiger partial charge on any atom is 0.326 e. The van der Waals surface area contributed by atoms with E-state index in [1.54, 1.807) is 0 Å². The third-order valence-corrected chi connectivity index (χ3v) is 3.32. The van der Waals surface area contributed by atoms with E-state index in [0.717, 1.165) is 12.0 Å². The van der Waals surface area contributed by atoms with Gasteiger partial charge in [-0.15, -0.1) is 0 Å². The van der Waals surface area contributed by atoms with Gasteiger partial charge in [0.15, 0.2) is 0 Å². The lowest BCUT2D eigenvalue weighted by Gasteiger charge is -2.13. The van der Waals surface area contributed by atoms with Crippen molar-refractivity contribution in [3.05, 3.63) is 35.9 Å². The fraction of sp³-hybridized carbons (Fsp3) is 0.357. The number of carboxylic acid groups (broad SMARTS) is 2. The van der Waals surface area contributed by atoms with E-state index < -0.39 is 30.4 Å². The monoisotopic (exact) mass is 292 g/mol. The van der Waals surface area contributed by atoms with Crippen molar-refractivity contribution in [1.82, 2.24) is 10.6 Å². The molecule has 0 saturated heterocycles. The van der Waals surface area contributed by atoms with Crippen molar-refractivity contribution in [2.75, 3.05) is 0 Å². The molecular formula is C14H16N2O5. The Hall–Kier alpha value is -2.57. The van der Waals surface area contributed by atoms with E-state index >= 15 is 0 Å². The fourth-order valence-corrected chi connectivity index (χ4v) is 2.17. The molecule has 3 atom stereocenters. The predicted molar refractivity (Wildman–Crippen MR) is 72.9 cm³/mol. The standard InChI is InChI=1S/C14H16N2O5/c17-12(18)7-11(13(19)20)16-14(21)15-10-6-9(10)8-4-2-1-3-5-8/h1-5,9-11H,6-7H2,(H,17,18)(H,19,20)(H2,15,16,21). The maximum atomic E-state index is 11.7. The first-order valence-corrected chi connectivity index (χ1v) is 6.54. The van der Waals surface area contributed by atoms with Gasteiger partial charge in [-0.05, 0) is 12.0 Å². The van der Waals surface area contributed by atoms with Crippen LogP contribution in [0.3, 0.4) is 0 Å². The Morgan fingerprint density at radius 2 is 1.86 bits per heavy atom. The zero-order valence-electron chi connectivity index (χ0n) is 11.2. The highest BCUT2D eigenvalue weighted by Gasteiger charge is 2.39. The molecule has 2 rings (SSSR count). The molecule has 112 valence electrons. The number of rotatable bonds is 6. The van der Waals surface area contributed by atoms with Crippen molar-refractivity contribution in [2.24, 2.45) is 0 Å². The molecule has 2 amide bonds. The molecule has 1 aromatic rings. The molecule has 1 saturated carbocycles. The highest BCUT2D eigenvalue weighted by atomic mass is 16.4. The molecule has 0 aliphatic heterocycles. The molecule has 0 radical (unpaired) electrons. The van der Waals surface area contributed by atoms with E-state index in [1.807, 2.05) is 30.3 Å². The Morgan fingerprint density at radius 1 is 1.19 bits per heavy atom. The van der Waals surface area contributed by atoms with Crippen molar-refractivity contribution in [2.45, 2.75) is 30.8 Å². The van der Waals surface area contributed by atoms with Crippen molar-refractivity contribution in [1.29, 1.82) is 0 Å². The van der Waals surface area contributed by atoms with Crippen LogP contribution < -0.4 is 10.6 Å². The lowest BCUT2D eigenvalue weighted by molar-refractivity contribution is -0.145. The first-order valence-electron chi connectivity index (χ1n) is 6.54. The third kappa shape index (κ3) is 4.20. The number of carboxylic acids is 2. The molecule has 1 aliphatic rings. The van der Waals surface area contributed by atoms with Gasteiger partial charge >= 0.3 is 18.0 Å². The van der Waals surface area contributed by atoms with Crippen LogP contribution in [0.4, 0.5) is 4.79 Å². The molecule has 0 heterocycles. The summed E-state index contributed by atoms with van der Waals surface area (Å²) in [5.41, 5.74) is 1.11. The van der Waals surface area contributed by atoms with E-state index in [0.29, 0.717) is 0 Å². The van der Waals surface area contributed by atoms with Crippen molar-refractivity contribution < 1.29 is 24.6 Å². The number of benzene rings is 1. The summed E-state index contributed by atoms with van der Waals surface area (Å²) in [6, 6.07) is 7.53. The Morgan fingerprint density at radius 3 is 2.43 bits per heavy atom. The number of carbonyl (C=O) groups excluding carboxylic acids is 1. The molecule has 1 fully saturated rings. The van der Waals surface area contributed by atoms with E-state index in [2.05, 4.69) is 10.6 Å². The quantitative estimate of drug-likeness (QED) is 0.618. The average Bonchev–Trinajstić information content (AvgIpc) is 3.17. The molecule has 4 N–H and O–H groups in total. The summed E-state index contributed by atoms with van der Waals surface area (Å²) in [7, 11) is 0. The van der Waals surface area contributed by atoms with E-state index in [1.165, 1.54) is 0 Å². The number of urea groups is 1. The predicted octanol–water partition coefficient (Wildman–Crippen LogP) is 0.770. The summed E-state index contributed by atoms with van der Waals surface area (Å²) in [5, 5.41) is 22.3. The summed E-state index contributed by atoms with van der Waals surface area (Å²) in [6.45, 7) is 0. The van der Waals surface area contributed by atoms with Crippen LogP contribution in [0, 0.1) is 0 Å². The second kappa shape index (κ2) is 6.25. The van der Waals surface area contributed by atoms with Gasteiger partial charge in [0.1, 0.15) is 6.04 Å². The summed E-state index contributed by atoms with van der Waals surface area (Å²) in [4.78, 5) is 33.1. The number of amides is 2. The van der Waals surface area contributed by atoms with Crippen LogP contribution in [0.5, 0.6) is 0 Å². The van der Waals surface area contributed by atoms with Crippen LogP contribution >= 0.6 is 0 Å². The number of carbonyl (C=O) groups is 3. The Labute approximate surface area is 121 Å². The van der Waals surface area contributed by atoms with Crippen LogP contribution in [-0.2, 0) is 9.59 Å². The molecule has 0 aromatic heterocycles. The Balaban J connectivity index is 1.83. The zero-order valence-corrected chi connectivity index (χ0v) is 11.2. The molecule has 1 aromatic carbocycles. The second-order valence-electron chi connectivity index (χ2n) is 4.97. The highest BCUT2D eigenvalue weighted by molar-refractivity contribution is 5.86. The molecule has 3 unspecified atom stereocenters. The smallest absolute Gasteiger partial charge is 0.326 e. The minimum absolute atomic E-state index is 0.0494. The van der Waals surface area contributed by atoms with Crippen LogP contribution in [0.1, 0.15) is 24.3 Å². The molecule has 0 spiro atoms. The van der Waals surface area contributed by atoms with Crippen LogP contribution in [0.15, 0.2) is 30.3 Å². The third-order valence-electron chi connectivity index (χ3n) is 3.32. The summed E-state index contributed by atoms with van der Waals surface area (Å²) in [6.07, 6.45) is 0.129. The number of aliphatic carboxylic acids is 2. The minimum atomic E-state index is -1.43. The van der Waals surface area contributed by atoms with Gasteiger partial charge in [-0.2, -0.15) is 0 Å². The first-order chi connectivity index (χ1) is 9.97. The first kappa shape index (κ1) is 14.8. The lowest BCUT2D eigenvalue weighted by atomic mass is 10.1. The maximum absolute atomic E-state index is 11.7. The van der Waals surface area contributed by atoms with Gasteiger partial charge in [0.25, 0.3) is 0 Å². The van der Waals surface area contributed by atoms with Crippen molar-refractivity contribution >= 4 is 18.0 Å². The zero-order chi connectivity index (χ0) is 15.4. The fourth-order valence-electron chi connectivity index (χ4n) is 2.17. The average molecular weight is 292 g/mol. The number of hydrogen-bond donors (Lipinski definition) is 4. The Kier molecular flexibility index (Phi) is 4.42. The molecule has 0 bridgehead atoms. The van der Waals surface area contributed by atoms with Gasteiger partial charge < -0.3 is 20.8 Å². The highest BCUT2D eigenvalue weighted by Crippen LogP contribution is 2.40. The number of hydrogen-bond acceptors (Lipinski definition) is 3. The molecule has 7 nitrogen and oxygen atoms in total. The Bertz CT molecular complexity index is 546. The largest absolute Gasteiger partial charge is 0.481 e. The summed E-state index contributed by atoms with van der Waals surface area (Å²) < 4.78 is 0. The normalized spacial score (nSPS) is 21.1. The van der Waals surface area contributed by atoms with Gasteiger partial charge in [-0.3, -0.25) is 4.79 Å². The van der Waals surface area contributed by atoms with Crippen LogP contribution in [-0.4, -0.2) is 40.3 Å². The van der Waals surface area contributed by atoms with Crippen molar-refractivity contribution in [3.63, 3.8) is 0 Å². The van der Waals surface area contributed by atoms with E-state index in [-0.39, 0.29) is 12.0 Å². The van der Waals surface area contributed by atoms with Gasteiger partial charge in [-0.25, -0.2) is 9.59 Å². The minimum Gasteiger partial charge on any atom is -0.481 e. The van der Waals surface area contributed by atoms with Crippen LogP contribution in [0.2, 0.25) is 0 Å². The molecular weight excluding hydrogens is 276 g/mol. The van der Waals surface area contributed by atoms with Crippen molar-refractivity contribution in [3.8, 4) is 0 Å². The molecule has 21 heavy (non-hydrogen) atoms. The second-order valence-corrected chi connectivity index (χ2v) is 4.97. The number of nitrogens with one attached hydrogen (secondary N) is 2. The SMILES string of the molecule is O=C(O)CC(NC(=O)NC1CC1c1ccccc1)C(=O)O. The topological polar surface area (TPSA) is 116 Å². The van der Waals surface area contributed by atoms with E-state index in [4.69, 9.17) is 10.2 Å². The summed E-state index contributed by atoms with van der Waals surface area (Å²) in [5.74, 6) is -2.43. The van der Waals surface area contributed by atoms with Gasteiger partial charge in [0.05, 0.1) is 6.42 Å².